The summed E-state index contributed by atoms with van der Waals surface area (Å²) in [6, 6.07) is 15.7. The Morgan fingerprint density at radius 2 is 1.93 bits per heavy atom. The van der Waals surface area contributed by atoms with Gasteiger partial charge in [-0.05, 0) is 55.0 Å². The van der Waals surface area contributed by atoms with Gasteiger partial charge in [0.15, 0.2) is 0 Å². The van der Waals surface area contributed by atoms with E-state index in [1.165, 1.54) is 0 Å². The highest BCUT2D eigenvalue weighted by atomic mass is 16.5. The number of aliphatic hydroxyl groups excluding tert-OH is 1. The maximum absolute atomic E-state index is 12.1. The van der Waals surface area contributed by atoms with Crippen LogP contribution < -0.4 is 5.32 Å². The van der Waals surface area contributed by atoms with Gasteiger partial charge in [0.05, 0.1) is 18.3 Å². The number of esters is 1. The van der Waals surface area contributed by atoms with Crippen LogP contribution in [0.1, 0.15) is 56.0 Å². The zero-order valence-corrected chi connectivity index (χ0v) is 17.1. The summed E-state index contributed by atoms with van der Waals surface area (Å²) >= 11 is 0. The minimum absolute atomic E-state index is 0.291. The van der Waals surface area contributed by atoms with E-state index in [1.54, 1.807) is 13.0 Å². The van der Waals surface area contributed by atoms with Crippen molar-refractivity contribution in [2.75, 3.05) is 6.61 Å². The molecule has 0 spiro atoms. The third kappa shape index (κ3) is 6.24. The molecule has 0 aromatic heterocycles. The van der Waals surface area contributed by atoms with Crippen molar-refractivity contribution in [2.45, 2.75) is 52.7 Å². The van der Waals surface area contributed by atoms with E-state index in [2.05, 4.69) is 30.4 Å². The van der Waals surface area contributed by atoms with E-state index in [0.29, 0.717) is 25.1 Å². The Bertz CT molecular complexity index is 798. The van der Waals surface area contributed by atoms with Crippen LogP contribution in [0.2, 0.25) is 0 Å². The summed E-state index contributed by atoms with van der Waals surface area (Å²) in [7, 11) is 0. The third-order valence-electron chi connectivity index (χ3n) is 4.70. The van der Waals surface area contributed by atoms with Crippen LogP contribution in [-0.4, -0.2) is 23.8 Å². The molecule has 28 heavy (non-hydrogen) atoms. The van der Waals surface area contributed by atoms with Crippen LogP contribution in [0.4, 0.5) is 0 Å². The van der Waals surface area contributed by atoms with E-state index >= 15 is 0 Å². The number of nitrogens with one attached hydrogen (secondary N) is 1. The molecule has 0 amide bonds. The van der Waals surface area contributed by atoms with Gasteiger partial charge in [0.1, 0.15) is 0 Å². The average Bonchev–Trinajstić information content (AvgIpc) is 2.74. The summed E-state index contributed by atoms with van der Waals surface area (Å²) in [6.07, 6.45) is 4.10. The fraction of sp³-hybridized carbons (Fsp3) is 0.375. The van der Waals surface area contributed by atoms with E-state index in [4.69, 9.17) is 4.74 Å². The van der Waals surface area contributed by atoms with Crippen molar-refractivity contribution in [3.05, 3.63) is 71.4 Å². The minimum Gasteiger partial charge on any atom is -0.462 e. The molecule has 0 aliphatic heterocycles. The van der Waals surface area contributed by atoms with E-state index < -0.39 is 0 Å². The first-order valence-corrected chi connectivity index (χ1v) is 10.0. The Morgan fingerprint density at radius 1 is 1.14 bits per heavy atom. The lowest BCUT2D eigenvalue weighted by molar-refractivity contribution is 0.0526. The quantitative estimate of drug-likeness (QED) is 0.564. The largest absolute Gasteiger partial charge is 0.462 e. The third-order valence-corrected chi connectivity index (χ3v) is 4.70. The molecule has 0 heterocycles. The van der Waals surface area contributed by atoms with Crippen molar-refractivity contribution in [2.24, 2.45) is 0 Å². The number of rotatable bonds is 10. The highest BCUT2D eigenvalue weighted by molar-refractivity contribution is 5.91. The standard InChI is InChI=1S/C24H31NO3/c1-4-21(14-15-22(26)5-2)25-17-20-10-7-8-13-23(20)18-11-9-12-19(16-18)24(27)28-6-3/h7-14,16,22,25-26H,4-6,15,17H2,1-3H3/b21-14+. The molecule has 1 unspecified atom stereocenters. The summed E-state index contributed by atoms with van der Waals surface area (Å²) in [5.41, 5.74) is 4.92. The molecule has 0 radical (unpaired) electrons. The lowest BCUT2D eigenvalue weighted by Crippen LogP contribution is -2.14. The predicted octanol–water partition coefficient (Wildman–Crippen LogP) is 5.07. The van der Waals surface area contributed by atoms with Crippen molar-refractivity contribution < 1.29 is 14.6 Å². The molecule has 0 aliphatic carbocycles. The number of carbonyl (C=O) groups is 1. The zero-order chi connectivity index (χ0) is 20.4. The van der Waals surface area contributed by atoms with Crippen LogP contribution >= 0.6 is 0 Å². The number of benzene rings is 2. The fourth-order valence-corrected chi connectivity index (χ4v) is 2.98. The monoisotopic (exact) mass is 381 g/mol. The number of allylic oxidation sites excluding steroid dienone is 1. The molecular formula is C24H31NO3. The molecule has 0 saturated heterocycles. The summed E-state index contributed by atoms with van der Waals surface area (Å²) in [6.45, 7) is 6.94. The smallest absolute Gasteiger partial charge is 0.338 e. The van der Waals surface area contributed by atoms with Gasteiger partial charge in [0, 0.05) is 12.2 Å². The normalized spacial score (nSPS) is 12.5. The summed E-state index contributed by atoms with van der Waals surface area (Å²) in [4.78, 5) is 12.1. The molecule has 2 aromatic rings. The van der Waals surface area contributed by atoms with Gasteiger partial charge in [-0.2, -0.15) is 0 Å². The number of hydrogen-bond donors (Lipinski definition) is 2. The molecule has 0 saturated carbocycles. The Hall–Kier alpha value is -2.59. The van der Waals surface area contributed by atoms with Gasteiger partial charge in [0.25, 0.3) is 0 Å². The van der Waals surface area contributed by atoms with Crippen LogP contribution in [0.25, 0.3) is 11.1 Å². The first-order valence-electron chi connectivity index (χ1n) is 10.0. The maximum atomic E-state index is 12.1. The Kier molecular flexibility index (Phi) is 8.76. The number of ether oxygens (including phenoxy) is 1. The second-order valence-electron chi connectivity index (χ2n) is 6.69. The molecule has 0 fully saturated rings. The Morgan fingerprint density at radius 3 is 2.64 bits per heavy atom. The lowest BCUT2D eigenvalue weighted by Gasteiger charge is -2.14. The second kappa shape index (κ2) is 11.3. The SMILES string of the molecule is CCOC(=O)c1cccc(-c2ccccc2CN/C(=C/CC(O)CC)CC)c1. The van der Waals surface area contributed by atoms with Gasteiger partial charge >= 0.3 is 5.97 Å². The van der Waals surface area contributed by atoms with E-state index in [0.717, 1.165) is 35.2 Å². The van der Waals surface area contributed by atoms with Gasteiger partial charge < -0.3 is 15.2 Å². The molecular weight excluding hydrogens is 350 g/mol. The topological polar surface area (TPSA) is 58.6 Å². The highest BCUT2D eigenvalue weighted by Gasteiger charge is 2.10. The lowest BCUT2D eigenvalue weighted by atomic mass is 9.98. The molecule has 0 aliphatic rings. The minimum atomic E-state index is -0.300. The summed E-state index contributed by atoms with van der Waals surface area (Å²) in [5.74, 6) is -0.300. The van der Waals surface area contributed by atoms with Crippen LogP contribution in [0.15, 0.2) is 60.3 Å². The van der Waals surface area contributed by atoms with Crippen molar-refractivity contribution in [3.63, 3.8) is 0 Å². The number of hydrogen-bond acceptors (Lipinski definition) is 4. The second-order valence-corrected chi connectivity index (χ2v) is 6.69. The van der Waals surface area contributed by atoms with Crippen molar-refractivity contribution in [3.8, 4) is 11.1 Å². The summed E-state index contributed by atoms with van der Waals surface area (Å²) in [5, 5.41) is 13.3. The average molecular weight is 382 g/mol. The highest BCUT2D eigenvalue weighted by Crippen LogP contribution is 2.25. The van der Waals surface area contributed by atoms with Gasteiger partial charge in [0.2, 0.25) is 0 Å². The molecule has 0 bridgehead atoms. The molecule has 2 N–H and O–H groups in total. The Balaban J connectivity index is 2.19. The first kappa shape index (κ1) is 21.7. The molecule has 150 valence electrons. The fourth-order valence-electron chi connectivity index (χ4n) is 2.98. The van der Waals surface area contributed by atoms with Gasteiger partial charge in [-0.25, -0.2) is 4.79 Å². The van der Waals surface area contributed by atoms with Crippen LogP contribution in [0.3, 0.4) is 0 Å². The molecule has 2 aromatic carbocycles. The first-order chi connectivity index (χ1) is 13.6. The van der Waals surface area contributed by atoms with Crippen molar-refractivity contribution in [1.29, 1.82) is 0 Å². The number of aliphatic hydroxyl groups is 1. The molecule has 2 rings (SSSR count). The van der Waals surface area contributed by atoms with E-state index in [9.17, 15) is 9.90 Å². The maximum Gasteiger partial charge on any atom is 0.338 e. The summed E-state index contributed by atoms with van der Waals surface area (Å²) < 4.78 is 5.12. The van der Waals surface area contributed by atoms with Crippen LogP contribution in [-0.2, 0) is 11.3 Å². The van der Waals surface area contributed by atoms with Crippen molar-refractivity contribution in [1.82, 2.24) is 5.32 Å². The number of carbonyl (C=O) groups excluding carboxylic acids is 1. The van der Waals surface area contributed by atoms with Gasteiger partial charge in [-0.15, -0.1) is 0 Å². The molecule has 1 atom stereocenters. The van der Waals surface area contributed by atoms with Gasteiger partial charge in [-0.1, -0.05) is 56.3 Å². The van der Waals surface area contributed by atoms with E-state index in [-0.39, 0.29) is 12.1 Å². The van der Waals surface area contributed by atoms with E-state index in [1.807, 2.05) is 37.3 Å². The van der Waals surface area contributed by atoms with Gasteiger partial charge in [-0.3, -0.25) is 0 Å². The predicted molar refractivity (Wildman–Crippen MR) is 114 cm³/mol. The Labute approximate surface area is 168 Å². The van der Waals surface area contributed by atoms with Crippen LogP contribution in [0.5, 0.6) is 0 Å². The molecule has 4 nitrogen and oxygen atoms in total. The molecule has 4 heteroatoms. The van der Waals surface area contributed by atoms with Crippen LogP contribution in [0, 0.1) is 0 Å². The van der Waals surface area contributed by atoms with Crippen molar-refractivity contribution >= 4 is 5.97 Å². The zero-order valence-electron chi connectivity index (χ0n) is 17.1.